The van der Waals surface area contributed by atoms with Gasteiger partial charge in [-0.2, -0.15) is 0 Å². The number of aryl methyl sites for hydroxylation is 1. The first-order valence-corrected chi connectivity index (χ1v) is 7.55. The van der Waals surface area contributed by atoms with Gasteiger partial charge in [-0.1, -0.05) is 26.0 Å². The van der Waals surface area contributed by atoms with E-state index in [1.807, 2.05) is 36.9 Å². The van der Waals surface area contributed by atoms with Crippen LogP contribution in [0.15, 0.2) is 24.3 Å². The Labute approximate surface area is 123 Å². The molecule has 1 amide bonds. The molecule has 0 aliphatic heterocycles. The lowest BCUT2D eigenvalue weighted by atomic mass is 9.93. The molecule has 0 saturated carbocycles. The molecule has 1 atom stereocenters. The van der Waals surface area contributed by atoms with Gasteiger partial charge in [0.2, 0.25) is 5.91 Å². The van der Waals surface area contributed by atoms with Crippen molar-refractivity contribution < 1.29 is 4.79 Å². The van der Waals surface area contributed by atoms with E-state index in [4.69, 9.17) is 5.73 Å². The first-order valence-electron chi connectivity index (χ1n) is 7.55. The predicted molar refractivity (Wildman–Crippen MR) is 85.8 cm³/mol. The molecular formula is C17H28N2O. The zero-order chi connectivity index (χ0) is 15.1. The van der Waals surface area contributed by atoms with Crippen molar-refractivity contribution in [2.24, 2.45) is 17.6 Å². The van der Waals surface area contributed by atoms with Gasteiger partial charge in [-0.3, -0.25) is 4.79 Å². The van der Waals surface area contributed by atoms with Crippen molar-refractivity contribution in [3.8, 4) is 0 Å². The van der Waals surface area contributed by atoms with Crippen molar-refractivity contribution >= 4 is 11.6 Å². The van der Waals surface area contributed by atoms with Gasteiger partial charge < -0.3 is 10.6 Å². The Bertz CT molecular complexity index is 429. The molecule has 0 radical (unpaired) electrons. The van der Waals surface area contributed by atoms with Crippen LogP contribution in [0.25, 0.3) is 0 Å². The number of nitrogens with two attached hydrogens (primary N) is 1. The fourth-order valence-corrected chi connectivity index (χ4v) is 2.59. The summed E-state index contributed by atoms with van der Waals surface area (Å²) in [5.74, 6) is 1.03. The van der Waals surface area contributed by atoms with Crippen LogP contribution in [0.3, 0.4) is 0 Å². The standard InChI is InChI=1S/C17H28N2O/c1-5-19(16-8-6-7-14(4)10-16)17(20)11-15(12-18)9-13(2)3/h6-8,10,13,15H,5,9,11-12,18H2,1-4H3/t15-/m0/s1. The number of rotatable bonds is 7. The van der Waals surface area contributed by atoms with Crippen molar-refractivity contribution in [3.05, 3.63) is 29.8 Å². The molecule has 3 heteroatoms. The Morgan fingerprint density at radius 3 is 2.55 bits per heavy atom. The summed E-state index contributed by atoms with van der Waals surface area (Å²) in [4.78, 5) is 14.4. The van der Waals surface area contributed by atoms with E-state index in [1.165, 1.54) is 5.56 Å². The van der Waals surface area contributed by atoms with E-state index in [2.05, 4.69) is 19.9 Å². The molecule has 0 spiro atoms. The second-order valence-electron chi connectivity index (χ2n) is 5.91. The van der Waals surface area contributed by atoms with Crippen LogP contribution < -0.4 is 10.6 Å². The van der Waals surface area contributed by atoms with Gasteiger partial charge in [-0.25, -0.2) is 0 Å². The normalized spacial score (nSPS) is 12.5. The molecule has 0 heterocycles. The van der Waals surface area contributed by atoms with E-state index in [9.17, 15) is 4.79 Å². The zero-order valence-electron chi connectivity index (χ0n) is 13.2. The average molecular weight is 276 g/mol. The Morgan fingerprint density at radius 1 is 1.35 bits per heavy atom. The molecule has 20 heavy (non-hydrogen) atoms. The maximum absolute atomic E-state index is 12.5. The summed E-state index contributed by atoms with van der Waals surface area (Å²) in [5.41, 5.74) is 7.96. The van der Waals surface area contributed by atoms with E-state index in [-0.39, 0.29) is 11.8 Å². The molecule has 0 aromatic heterocycles. The van der Waals surface area contributed by atoms with Gasteiger partial charge in [-0.15, -0.1) is 0 Å². The van der Waals surface area contributed by atoms with Gasteiger partial charge in [0, 0.05) is 18.7 Å². The topological polar surface area (TPSA) is 46.3 Å². The van der Waals surface area contributed by atoms with Gasteiger partial charge in [-0.05, 0) is 56.3 Å². The molecular weight excluding hydrogens is 248 g/mol. The van der Waals surface area contributed by atoms with Crippen LogP contribution in [0.2, 0.25) is 0 Å². The number of carbonyl (C=O) groups is 1. The molecule has 1 rings (SSSR count). The first kappa shape index (κ1) is 16.7. The number of anilines is 1. The Morgan fingerprint density at radius 2 is 2.05 bits per heavy atom. The fourth-order valence-electron chi connectivity index (χ4n) is 2.59. The highest BCUT2D eigenvalue weighted by atomic mass is 16.2. The summed E-state index contributed by atoms with van der Waals surface area (Å²) in [5, 5.41) is 0. The minimum Gasteiger partial charge on any atom is -0.330 e. The van der Waals surface area contributed by atoms with Gasteiger partial charge in [0.15, 0.2) is 0 Å². The summed E-state index contributed by atoms with van der Waals surface area (Å²) in [6, 6.07) is 8.09. The molecule has 3 nitrogen and oxygen atoms in total. The maximum Gasteiger partial charge on any atom is 0.227 e. The third-order valence-electron chi connectivity index (χ3n) is 3.53. The van der Waals surface area contributed by atoms with Crippen molar-refractivity contribution in [2.45, 2.75) is 40.5 Å². The SMILES string of the molecule is CCN(C(=O)C[C@@H](CN)CC(C)C)c1cccc(C)c1. The Kier molecular flexibility index (Phi) is 6.73. The third-order valence-corrected chi connectivity index (χ3v) is 3.53. The highest BCUT2D eigenvalue weighted by Crippen LogP contribution is 2.20. The summed E-state index contributed by atoms with van der Waals surface area (Å²) in [6.45, 7) is 9.68. The minimum absolute atomic E-state index is 0.175. The van der Waals surface area contributed by atoms with Crippen molar-refractivity contribution in [1.29, 1.82) is 0 Å². The molecule has 0 aliphatic rings. The number of hydrogen-bond donors (Lipinski definition) is 1. The molecule has 0 bridgehead atoms. The van der Waals surface area contributed by atoms with Crippen LogP contribution in [0.5, 0.6) is 0 Å². The molecule has 0 fully saturated rings. The molecule has 0 unspecified atom stereocenters. The van der Waals surface area contributed by atoms with Gasteiger partial charge in [0.05, 0.1) is 0 Å². The van der Waals surface area contributed by atoms with E-state index in [1.54, 1.807) is 0 Å². The molecule has 1 aromatic carbocycles. The quantitative estimate of drug-likeness (QED) is 0.830. The van der Waals surface area contributed by atoms with E-state index < -0.39 is 0 Å². The van der Waals surface area contributed by atoms with Gasteiger partial charge >= 0.3 is 0 Å². The molecule has 112 valence electrons. The van der Waals surface area contributed by atoms with Crippen LogP contribution in [-0.2, 0) is 4.79 Å². The fraction of sp³-hybridized carbons (Fsp3) is 0.588. The summed E-state index contributed by atoms with van der Waals surface area (Å²) in [7, 11) is 0. The van der Waals surface area contributed by atoms with E-state index in [0.29, 0.717) is 25.4 Å². The van der Waals surface area contributed by atoms with Crippen LogP contribution in [-0.4, -0.2) is 19.0 Å². The van der Waals surface area contributed by atoms with Crippen LogP contribution in [0, 0.1) is 18.8 Å². The minimum atomic E-state index is 0.175. The van der Waals surface area contributed by atoms with Gasteiger partial charge in [0.25, 0.3) is 0 Å². The second-order valence-corrected chi connectivity index (χ2v) is 5.91. The van der Waals surface area contributed by atoms with Crippen molar-refractivity contribution in [3.63, 3.8) is 0 Å². The first-order chi connectivity index (χ1) is 9.47. The molecule has 2 N–H and O–H groups in total. The molecule has 0 saturated heterocycles. The number of hydrogen-bond acceptors (Lipinski definition) is 2. The lowest BCUT2D eigenvalue weighted by Crippen LogP contribution is -2.33. The predicted octanol–water partition coefficient (Wildman–Crippen LogP) is 3.36. The third kappa shape index (κ3) is 4.97. The Hall–Kier alpha value is -1.35. The number of amides is 1. The Balaban J connectivity index is 2.76. The van der Waals surface area contributed by atoms with Gasteiger partial charge in [0.1, 0.15) is 0 Å². The molecule has 0 aliphatic carbocycles. The monoisotopic (exact) mass is 276 g/mol. The maximum atomic E-state index is 12.5. The highest BCUT2D eigenvalue weighted by Gasteiger charge is 2.19. The summed E-state index contributed by atoms with van der Waals surface area (Å²) in [6.07, 6.45) is 1.55. The molecule has 1 aromatic rings. The zero-order valence-corrected chi connectivity index (χ0v) is 13.2. The smallest absolute Gasteiger partial charge is 0.227 e. The van der Waals surface area contributed by atoms with Crippen LogP contribution in [0.1, 0.15) is 39.2 Å². The lowest BCUT2D eigenvalue weighted by Gasteiger charge is -2.24. The van der Waals surface area contributed by atoms with Crippen molar-refractivity contribution in [2.75, 3.05) is 18.0 Å². The lowest BCUT2D eigenvalue weighted by molar-refractivity contribution is -0.119. The van der Waals surface area contributed by atoms with E-state index in [0.717, 1.165) is 12.1 Å². The van der Waals surface area contributed by atoms with Crippen molar-refractivity contribution in [1.82, 2.24) is 0 Å². The number of nitrogens with zero attached hydrogens (tertiary/aromatic N) is 1. The largest absolute Gasteiger partial charge is 0.330 e. The summed E-state index contributed by atoms with van der Waals surface area (Å²) >= 11 is 0. The highest BCUT2D eigenvalue weighted by molar-refractivity contribution is 5.93. The van der Waals surface area contributed by atoms with E-state index >= 15 is 0 Å². The average Bonchev–Trinajstić information content (AvgIpc) is 2.38. The second kappa shape index (κ2) is 8.05. The number of carbonyl (C=O) groups excluding carboxylic acids is 1. The van der Waals surface area contributed by atoms with Crippen LogP contribution >= 0.6 is 0 Å². The number of benzene rings is 1. The van der Waals surface area contributed by atoms with Crippen LogP contribution in [0.4, 0.5) is 5.69 Å². The summed E-state index contributed by atoms with van der Waals surface area (Å²) < 4.78 is 0.